The number of aryl methyl sites for hydroxylation is 1. The topological polar surface area (TPSA) is 65.0 Å². The summed E-state index contributed by atoms with van der Waals surface area (Å²) in [7, 11) is 1.51. The average Bonchev–Trinajstić information content (AvgIpc) is 3.17. The quantitative estimate of drug-likeness (QED) is 0.421. The van der Waals surface area contributed by atoms with Crippen molar-refractivity contribution in [2.45, 2.75) is 51.4 Å². The number of fused-ring (bicyclic) bond motifs is 1. The van der Waals surface area contributed by atoms with Gasteiger partial charge >= 0.3 is 0 Å². The lowest BCUT2D eigenvalue weighted by atomic mass is 10.0. The maximum Gasteiger partial charge on any atom is 0.231 e. The molecule has 0 aromatic heterocycles. The van der Waals surface area contributed by atoms with Gasteiger partial charge in [-0.05, 0) is 49.1 Å². The molecule has 0 saturated heterocycles. The average molecular weight is 384 g/mol. The summed E-state index contributed by atoms with van der Waals surface area (Å²) in [6.07, 6.45) is 7.94. The van der Waals surface area contributed by atoms with E-state index in [0.29, 0.717) is 24.5 Å². The Morgan fingerprint density at radius 2 is 1.75 bits per heavy atom. The second kappa shape index (κ2) is 10.0. The molecule has 0 bridgehead atoms. The van der Waals surface area contributed by atoms with Crippen LogP contribution in [0.4, 0.5) is 0 Å². The Bertz CT molecular complexity index is 800. The number of rotatable bonds is 11. The van der Waals surface area contributed by atoms with E-state index in [4.69, 9.17) is 14.2 Å². The number of methoxy groups -OCH3 is 1. The van der Waals surface area contributed by atoms with E-state index >= 15 is 0 Å². The van der Waals surface area contributed by atoms with Gasteiger partial charge in [0, 0.05) is 6.42 Å². The molecule has 0 amide bonds. The van der Waals surface area contributed by atoms with Crippen molar-refractivity contribution < 1.29 is 24.1 Å². The van der Waals surface area contributed by atoms with Gasteiger partial charge in [0.1, 0.15) is 17.1 Å². The summed E-state index contributed by atoms with van der Waals surface area (Å²) in [5.41, 5.74) is 1.58. The number of hydrogen-bond donors (Lipinski definition) is 1. The molecule has 1 aliphatic rings. The van der Waals surface area contributed by atoms with E-state index in [9.17, 15) is 9.90 Å². The third kappa shape index (κ3) is 5.18. The Balaban J connectivity index is 1.29. The molecule has 0 radical (unpaired) electrons. The fraction of sp³-hybridized carbons (Fsp3) is 0.435. The van der Waals surface area contributed by atoms with E-state index in [2.05, 4.69) is 12.1 Å². The van der Waals surface area contributed by atoms with E-state index < -0.39 is 0 Å². The van der Waals surface area contributed by atoms with Crippen molar-refractivity contribution in [1.82, 2.24) is 0 Å². The zero-order valence-corrected chi connectivity index (χ0v) is 16.4. The second-order valence-corrected chi connectivity index (χ2v) is 7.09. The number of Topliss-reactive ketones (excluding diaryl/α,β-unsaturated/α-hetero) is 1. The summed E-state index contributed by atoms with van der Waals surface area (Å²) in [5, 5.41) is 9.92. The van der Waals surface area contributed by atoms with Crippen LogP contribution in [0.2, 0.25) is 0 Å². The van der Waals surface area contributed by atoms with Gasteiger partial charge in [-0.1, -0.05) is 37.8 Å². The van der Waals surface area contributed by atoms with Crippen molar-refractivity contribution >= 4 is 5.78 Å². The van der Waals surface area contributed by atoms with Crippen molar-refractivity contribution in [1.29, 1.82) is 0 Å². The molecule has 150 valence electrons. The van der Waals surface area contributed by atoms with Gasteiger partial charge in [-0.15, -0.1) is 0 Å². The minimum absolute atomic E-state index is 0.00660. The maximum atomic E-state index is 12.4. The number of carbonyl (C=O) groups excluding carboxylic acids is 1. The number of phenolic OH excluding ortho intramolecular Hbond substituents is 1. The van der Waals surface area contributed by atoms with Crippen LogP contribution in [-0.4, -0.2) is 24.8 Å². The first-order chi connectivity index (χ1) is 13.7. The highest BCUT2D eigenvalue weighted by atomic mass is 16.7. The maximum absolute atomic E-state index is 12.4. The lowest BCUT2D eigenvalue weighted by Crippen LogP contribution is -2.02. The normalized spacial score (nSPS) is 12.2. The number of hydrogen-bond acceptors (Lipinski definition) is 5. The van der Waals surface area contributed by atoms with Gasteiger partial charge in [-0.3, -0.25) is 4.79 Å². The number of unbranched alkanes of at least 4 members (excludes halogenated alkanes) is 5. The highest BCUT2D eigenvalue weighted by Crippen LogP contribution is 2.33. The Hall–Kier alpha value is -2.69. The molecule has 0 atom stereocenters. The molecule has 0 fully saturated rings. The minimum Gasteiger partial charge on any atom is -0.507 e. The number of ether oxygens (including phenoxy) is 3. The highest BCUT2D eigenvalue weighted by Gasteiger charge is 2.16. The van der Waals surface area contributed by atoms with Crippen molar-refractivity contribution in [3.63, 3.8) is 0 Å². The SMILES string of the molecule is COc1cccc(O)c1C(=O)CCCCCCCCc1ccc2c(c1)OCO2. The molecule has 1 N–H and O–H groups in total. The van der Waals surface area contributed by atoms with Crippen LogP contribution >= 0.6 is 0 Å². The Morgan fingerprint density at radius 3 is 2.57 bits per heavy atom. The largest absolute Gasteiger partial charge is 0.507 e. The highest BCUT2D eigenvalue weighted by molar-refractivity contribution is 6.01. The molecule has 0 unspecified atom stereocenters. The molecule has 0 saturated carbocycles. The molecule has 1 aliphatic heterocycles. The predicted octanol–water partition coefficient (Wildman–Crippen LogP) is 5.29. The van der Waals surface area contributed by atoms with Crippen molar-refractivity contribution in [2.24, 2.45) is 0 Å². The summed E-state index contributed by atoms with van der Waals surface area (Å²) in [4.78, 5) is 12.4. The van der Waals surface area contributed by atoms with E-state index in [1.807, 2.05) is 6.07 Å². The molecule has 3 rings (SSSR count). The first kappa shape index (κ1) is 20.1. The van der Waals surface area contributed by atoms with Gasteiger partial charge in [0.25, 0.3) is 0 Å². The molecular formula is C23H28O5. The third-order valence-corrected chi connectivity index (χ3v) is 5.06. The summed E-state index contributed by atoms with van der Waals surface area (Å²) < 4.78 is 15.9. The predicted molar refractivity (Wildman–Crippen MR) is 108 cm³/mol. The van der Waals surface area contributed by atoms with Crippen LogP contribution in [0.15, 0.2) is 36.4 Å². The lowest BCUT2D eigenvalue weighted by Gasteiger charge is -2.09. The fourth-order valence-corrected chi connectivity index (χ4v) is 3.51. The number of aromatic hydroxyl groups is 1. The van der Waals surface area contributed by atoms with Crippen molar-refractivity contribution in [2.75, 3.05) is 13.9 Å². The molecule has 0 spiro atoms. The second-order valence-electron chi connectivity index (χ2n) is 7.09. The molecular weight excluding hydrogens is 356 g/mol. The molecule has 2 aromatic carbocycles. The number of ketones is 1. The van der Waals surface area contributed by atoms with Crippen LogP contribution in [0.1, 0.15) is 60.9 Å². The number of carbonyl (C=O) groups is 1. The summed E-state index contributed by atoms with van der Waals surface area (Å²) >= 11 is 0. The van der Waals surface area contributed by atoms with E-state index in [1.54, 1.807) is 12.1 Å². The van der Waals surface area contributed by atoms with Crippen LogP contribution in [0.5, 0.6) is 23.0 Å². The molecule has 0 aliphatic carbocycles. The van der Waals surface area contributed by atoms with Gasteiger partial charge in [0.2, 0.25) is 6.79 Å². The first-order valence-electron chi connectivity index (χ1n) is 9.96. The summed E-state index contributed by atoms with van der Waals surface area (Å²) in [6.45, 7) is 0.317. The summed E-state index contributed by atoms with van der Waals surface area (Å²) in [6, 6.07) is 11.1. The first-order valence-corrected chi connectivity index (χ1v) is 9.96. The zero-order valence-electron chi connectivity index (χ0n) is 16.4. The van der Waals surface area contributed by atoms with Gasteiger partial charge in [-0.2, -0.15) is 0 Å². The molecule has 5 heteroatoms. The summed E-state index contributed by atoms with van der Waals surface area (Å²) in [5.74, 6) is 2.06. The Labute approximate surface area is 166 Å². The van der Waals surface area contributed by atoms with E-state index in [0.717, 1.165) is 43.6 Å². The zero-order chi connectivity index (χ0) is 19.8. The Morgan fingerprint density at radius 1 is 1.00 bits per heavy atom. The van der Waals surface area contributed by atoms with Gasteiger partial charge < -0.3 is 19.3 Å². The molecule has 1 heterocycles. The minimum atomic E-state index is -0.0576. The Kier molecular flexibility index (Phi) is 7.18. The van der Waals surface area contributed by atoms with Crippen LogP contribution in [0.25, 0.3) is 0 Å². The number of phenols is 1. The smallest absolute Gasteiger partial charge is 0.231 e. The molecule has 28 heavy (non-hydrogen) atoms. The van der Waals surface area contributed by atoms with Gasteiger partial charge in [0.15, 0.2) is 17.3 Å². The number of benzene rings is 2. The van der Waals surface area contributed by atoms with Crippen LogP contribution < -0.4 is 14.2 Å². The standard InChI is InChI=1S/C23H28O5/c1-26-21-12-8-11-19(25)23(21)18(24)10-7-5-3-2-4-6-9-17-13-14-20-22(15-17)28-16-27-20/h8,11-15,25H,2-7,9-10,16H2,1H3. The van der Waals surface area contributed by atoms with Gasteiger partial charge in [-0.25, -0.2) is 0 Å². The third-order valence-electron chi connectivity index (χ3n) is 5.06. The van der Waals surface area contributed by atoms with Crippen molar-refractivity contribution in [3.8, 4) is 23.0 Å². The molecule has 2 aromatic rings. The van der Waals surface area contributed by atoms with Crippen LogP contribution in [-0.2, 0) is 6.42 Å². The van der Waals surface area contributed by atoms with Crippen molar-refractivity contribution in [3.05, 3.63) is 47.5 Å². The fourth-order valence-electron chi connectivity index (χ4n) is 3.51. The van der Waals surface area contributed by atoms with Crippen LogP contribution in [0.3, 0.4) is 0 Å². The van der Waals surface area contributed by atoms with E-state index in [-0.39, 0.29) is 11.5 Å². The lowest BCUT2D eigenvalue weighted by molar-refractivity contribution is 0.0973. The monoisotopic (exact) mass is 384 g/mol. The molecule has 5 nitrogen and oxygen atoms in total. The van der Waals surface area contributed by atoms with Gasteiger partial charge in [0.05, 0.1) is 7.11 Å². The van der Waals surface area contributed by atoms with Crippen LogP contribution in [0, 0.1) is 0 Å². The van der Waals surface area contributed by atoms with E-state index in [1.165, 1.54) is 31.6 Å².